The lowest BCUT2D eigenvalue weighted by atomic mass is 10.1. The van der Waals surface area contributed by atoms with Gasteiger partial charge in [-0.1, -0.05) is 36.0 Å². The molecule has 4 nitrogen and oxygen atoms in total. The number of rotatable bonds is 6. The summed E-state index contributed by atoms with van der Waals surface area (Å²) in [6.07, 6.45) is 3.21. The molecule has 1 aliphatic heterocycles. The number of hydrogen-bond donors (Lipinski definition) is 1. The first kappa shape index (κ1) is 20.7. The van der Waals surface area contributed by atoms with Crippen molar-refractivity contribution >= 4 is 50.9 Å². The van der Waals surface area contributed by atoms with Gasteiger partial charge < -0.3 is 14.5 Å². The third-order valence-electron chi connectivity index (χ3n) is 4.93. The molecule has 32 heavy (non-hydrogen) atoms. The number of anilines is 2. The molecule has 2 heterocycles. The Labute approximate surface area is 198 Å². The normalized spacial score (nSPS) is 12.2. The topological polar surface area (TPSA) is 51.5 Å². The van der Waals surface area contributed by atoms with Gasteiger partial charge in [0.25, 0.3) is 0 Å². The number of ether oxygens (including phenoxy) is 1. The predicted molar refractivity (Wildman–Crippen MR) is 131 cm³/mol. The first-order valence-electron chi connectivity index (χ1n) is 10.0. The second-order valence-corrected chi connectivity index (χ2v) is 9.09. The third kappa shape index (κ3) is 4.52. The summed E-state index contributed by atoms with van der Waals surface area (Å²) in [6.45, 7) is 0.306. The Hall–Kier alpha value is -3.22. The van der Waals surface area contributed by atoms with Gasteiger partial charge in [0.15, 0.2) is 5.78 Å². The van der Waals surface area contributed by atoms with E-state index < -0.39 is 0 Å². The third-order valence-corrected chi connectivity index (χ3v) is 6.74. The molecule has 0 saturated carbocycles. The van der Waals surface area contributed by atoms with Gasteiger partial charge in [-0.05, 0) is 82.7 Å². The summed E-state index contributed by atoms with van der Waals surface area (Å²) in [5, 5.41) is 3.41. The molecule has 0 spiro atoms. The van der Waals surface area contributed by atoms with E-state index in [0.29, 0.717) is 23.7 Å². The minimum atomic E-state index is -0.0825. The summed E-state index contributed by atoms with van der Waals surface area (Å²) in [4.78, 5) is 15.0. The fourth-order valence-corrected chi connectivity index (χ4v) is 4.69. The van der Waals surface area contributed by atoms with Crippen molar-refractivity contribution in [3.63, 3.8) is 0 Å². The van der Waals surface area contributed by atoms with E-state index in [1.165, 1.54) is 11.0 Å². The van der Waals surface area contributed by atoms with Crippen LogP contribution < -0.4 is 10.1 Å². The van der Waals surface area contributed by atoms with E-state index in [1.807, 2.05) is 72.8 Å². The lowest BCUT2D eigenvalue weighted by molar-refractivity contribution is 0.104. The van der Waals surface area contributed by atoms with Gasteiger partial charge >= 0.3 is 0 Å². The molecule has 1 aliphatic rings. The number of hydrogen-bond acceptors (Lipinski definition) is 5. The molecule has 0 radical (unpaired) electrons. The Morgan fingerprint density at radius 1 is 0.969 bits per heavy atom. The number of halogens is 1. The minimum Gasteiger partial charge on any atom is -0.484 e. The molecule has 4 aromatic rings. The summed E-state index contributed by atoms with van der Waals surface area (Å²) in [5.74, 6) is 1.95. The van der Waals surface area contributed by atoms with Crippen molar-refractivity contribution in [3.8, 4) is 5.75 Å². The van der Waals surface area contributed by atoms with E-state index in [4.69, 9.17) is 9.15 Å². The van der Waals surface area contributed by atoms with Crippen molar-refractivity contribution in [3.05, 3.63) is 106 Å². The van der Waals surface area contributed by atoms with Crippen molar-refractivity contribution in [2.75, 3.05) is 5.32 Å². The Morgan fingerprint density at radius 2 is 1.78 bits per heavy atom. The van der Waals surface area contributed by atoms with Crippen LogP contribution in [0.1, 0.15) is 21.9 Å². The van der Waals surface area contributed by atoms with Gasteiger partial charge in [0.1, 0.15) is 23.9 Å². The summed E-state index contributed by atoms with van der Waals surface area (Å²) in [6, 6.07) is 25.2. The van der Waals surface area contributed by atoms with Crippen LogP contribution in [0.4, 0.5) is 11.4 Å². The maximum Gasteiger partial charge on any atom is 0.186 e. The van der Waals surface area contributed by atoms with Crippen molar-refractivity contribution < 1.29 is 13.9 Å². The monoisotopic (exact) mass is 503 g/mol. The van der Waals surface area contributed by atoms with Crippen LogP contribution in [0, 0.1) is 0 Å². The highest BCUT2D eigenvalue weighted by atomic mass is 79.9. The van der Waals surface area contributed by atoms with E-state index in [9.17, 15) is 4.79 Å². The molecule has 0 aliphatic carbocycles. The molecule has 1 aromatic heterocycles. The van der Waals surface area contributed by atoms with E-state index in [1.54, 1.807) is 17.8 Å². The first-order valence-corrected chi connectivity index (χ1v) is 11.6. The van der Waals surface area contributed by atoms with Crippen LogP contribution in [0.15, 0.2) is 104 Å². The maximum absolute atomic E-state index is 12.7. The van der Waals surface area contributed by atoms with Crippen LogP contribution in [0.3, 0.4) is 0 Å². The molecule has 5 rings (SSSR count). The number of ketones is 1. The molecule has 0 atom stereocenters. The van der Waals surface area contributed by atoms with Crippen molar-refractivity contribution in [2.24, 2.45) is 0 Å². The molecule has 0 unspecified atom stereocenters. The average Bonchev–Trinajstić information content (AvgIpc) is 3.28. The molecule has 1 N–H and O–H groups in total. The molecule has 0 fully saturated rings. The van der Waals surface area contributed by atoms with Gasteiger partial charge in [-0.15, -0.1) is 0 Å². The van der Waals surface area contributed by atoms with Crippen LogP contribution in [0.25, 0.3) is 6.08 Å². The van der Waals surface area contributed by atoms with E-state index >= 15 is 0 Å². The Morgan fingerprint density at radius 3 is 2.69 bits per heavy atom. The van der Waals surface area contributed by atoms with Gasteiger partial charge in [-0.3, -0.25) is 4.79 Å². The Bertz CT molecular complexity index is 1330. The number of carbonyl (C=O) groups excluding carboxylic acids is 1. The second kappa shape index (κ2) is 9.10. The second-order valence-electron chi connectivity index (χ2n) is 7.15. The molecule has 0 bridgehead atoms. The highest BCUT2D eigenvalue weighted by molar-refractivity contribution is 9.10. The molecule has 0 saturated heterocycles. The lowest BCUT2D eigenvalue weighted by Gasteiger charge is -2.20. The largest absolute Gasteiger partial charge is 0.484 e. The first-order chi connectivity index (χ1) is 15.7. The van der Waals surface area contributed by atoms with Gasteiger partial charge in [-0.25, -0.2) is 0 Å². The van der Waals surface area contributed by atoms with E-state index in [2.05, 4.69) is 27.3 Å². The standard InChI is InChI=1S/C26H18BrNO3S/c27-20-5-1-3-7-24(20)30-16-19-11-10-18(31-19)12-13-23(29)17-9-14-26-22(15-17)28-21-6-2-4-8-25(21)32-26/h1-15,28H,16H2/b13-12+. The molecule has 6 heteroatoms. The number of furan rings is 1. The van der Waals surface area contributed by atoms with Gasteiger partial charge in [-0.2, -0.15) is 0 Å². The van der Waals surface area contributed by atoms with E-state index in [0.717, 1.165) is 26.5 Å². The molecular formula is C26H18BrNO3S. The number of para-hydroxylation sites is 2. The van der Waals surface area contributed by atoms with Crippen molar-refractivity contribution in [2.45, 2.75) is 16.4 Å². The number of nitrogens with one attached hydrogen (secondary N) is 1. The lowest BCUT2D eigenvalue weighted by Crippen LogP contribution is -2.02. The summed E-state index contributed by atoms with van der Waals surface area (Å²) in [7, 11) is 0. The van der Waals surface area contributed by atoms with Crippen LogP contribution in [-0.4, -0.2) is 5.78 Å². The zero-order valence-electron chi connectivity index (χ0n) is 16.9. The highest BCUT2D eigenvalue weighted by Crippen LogP contribution is 2.44. The van der Waals surface area contributed by atoms with Crippen molar-refractivity contribution in [1.29, 1.82) is 0 Å². The fraction of sp³-hybridized carbons (Fsp3) is 0.0385. The zero-order chi connectivity index (χ0) is 21.9. The maximum atomic E-state index is 12.7. The number of fused-ring (bicyclic) bond motifs is 2. The molecule has 3 aromatic carbocycles. The number of allylic oxidation sites excluding steroid dienone is 1. The molecule has 0 amide bonds. The quantitative estimate of drug-likeness (QED) is 0.190. The summed E-state index contributed by atoms with van der Waals surface area (Å²) >= 11 is 5.16. The van der Waals surface area contributed by atoms with Crippen molar-refractivity contribution in [1.82, 2.24) is 0 Å². The summed E-state index contributed by atoms with van der Waals surface area (Å²) < 4.78 is 12.4. The fourth-order valence-electron chi connectivity index (χ4n) is 3.32. The molecule has 158 valence electrons. The SMILES string of the molecule is O=C(/C=C/c1ccc(COc2ccccc2Br)o1)c1ccc2c(c1)Nc1ccccc1S2. The van der Waals surface area contributed by atoms with Crippen LogP contribution in [-0.2, 0) is 6.61 Å². The van der Waals surface area contributed by atoms with Crippen LogP contribution in [0.5, 0.6) is 5.75 Å². The Balaban J connectivity index is 1.24. The zero-order valence-corrected chi connectivity index (χ0v) is 19.3. The minimum absolute atomic E-state index is 0.0825. The van der Waals surface area contributed by atoms with E-state index in [-0.39, 0.29) is 5.78 Å². The van der Waals surface area contributed by atoms with Crippen LogP contribution in [0.2, 0.25) is 0 Å². The van der Waals surface area contributed by atoms with Crippen LogP contribution >= 0.6 is 27.7 Å². The molecular weight excluding hydrogens is 486 g/mol. The highest BCUT2D eigenvalue weighted by Gasteiger charge is 2.16. The van der Waals surface area contributed by atoms with Gasteiger partial charge in [0, 0.05) is 15.4 Å². The predicted octanol–water partition coefficient (Wildman–Crippen LogP) is 7.73. The number of benzene rings is 3. The van der Waals surface area contributed by atoms with Gasteiger partial charge in [0.05, 0.1) is 15.8 Å². The average molecular weight is 504 g/mol. The smallest absolute Gasteiger partial charge is 0.186 e. The number of carbonyl (C=O) groups is 1. The van der Waals surface area contributed by atoms with Gasteiger partial charge in [0.2, 0.25) is 0 Å². The summed E-state index contributed by atoms with van der Waals surface area (Å²) in [5.41, 5.74) is 2.62. The Kier molecular flexibility index (Phi) is 5.88.